The molecule has 0 unspecified atom stereocenters. The lowest BCUT2D eigenvalue weighted by atomic mass is 10.0. The quantitative estimate of drug-likeness (QED) is 0.941. The third-order valence-corrected chi connectivity index (χ3v) is 3.66. The molecule has 3 rings (SSSR count). The molecular weight excluding hydrogens is 280 g/mol. The van der Waals surface area contributed by atoms with Gasteiger partial charge in [0.2, 0.25) is 0 Å². The zero-order valence-electron chi connectivity index (χ0n) is 12.1. The van der Waals surface area contributed by atoms with Crippen LogP contribution in [-0.2, 0) is 4.79 Å². The van der Waals surface area contributed by atoms with Crippen LogP contribution in [0.15, 0.2) is 59.7 Å². The number of carboxylic acid groups (broad SMARTS) is 1. The van der Waals surface area contributed by atoms with Gasteiger partial charge < -0.3 is 9.84 Å². The maximum atomic E-state index is 11.3. The zero-order chi connectivity index (χ0) is 15.5. The fourth-order valence-corrected chi connectivity index (χ4v) is 2.57. The fraction of sp³-hybridized carbons (Fsp3) is 0.176. The highest BCUT2D eigenvalue weighted by Crippen LogP contribution is 2.36. The lowest BCUT2D eigenvalue weighted by molar-refractivity contribution is -0.129. The van der Waals surface area contributed by atoms with Gasteiger partial charge in [-0.05, 0) is 17.7 Å². The predicted octanol–water partition coefficient (Wildman–Crippen LogP) is 3.09. The Morgan fingerprint density at radius 1 is 1.23 bits per heavy atom. The minimum atomic E-state index is -0.980. The first-order valence-corrected chi connectivity index (χ1v) is 6.98. The van der Waals surface area contributed by atoms with Gasteiger partial charge in [-0.2, -0.15) is 5.10 Å². The standard InChI is InChI=1S/C17H16N2O3/c1-22-14-9-5-8-13(10-14)19-16(11-15(18-19)17(20)21)12-6-3-2-4-7-12/h2-10,16H,11H2,1H3,(H,20,21)/t16-/m0/s1. The summed E-state index contributed by atoms with van der Waals surface area (Å²) >= 11 is 0. The molecule has 1 heterocycles. The summed E-state index contributed by atoms with van der Waals surface area (Å²) in [5.41, 5.74) is 2.01. The van der Waals surface area contributed by atoms with E-state index >= 15 is 0 Å². The molecule has 1 aliphatic rings. The Bertz CT molecular complexity index is 713. The lowest BCUT2D eigenvalue weighted by Crippen LogP contribution is -2.18. The van der Waals surface area contributed by atoms with Gasteiger partial charge in [0, 0.05) is 12.5 Å². The number of rotatable bonds is 4. The molecule has 0 amide bonds. The minimum absolute atomic E-state index is 0.126. The number of carboxylic acids is 1. The van der Waals surface area contributed by atoms with Crippen molar-refractivity contribution < 1.29 is 14.6 Å². The van der Waals surface area contributed by atoms with Gasteiger partial charge in [-0.1, -0.05) is 36.4 Å². The van der Waals surface area contributed by atoms with Crippen molar-refractivity contribution >= 4 is 17.4 Å². The Morgan fingerprint density at radius 3 is 2.68 bits per heavy atom. The molecule has 0 radical (unpaired) electrons. The molecule has 2 aromatic carbocycles. The molecule has 1 N–H and O–H groups in total. The molecule has 112 valence electrons. The van der Waals surface area contributed by atoms with Crippen LogP contribution in [0, 0.1) is 0 Å². The maximum absolute atomic E-state index is 11.3. The van der Waals surface area contributed by atoms with E-state index in [1.54, 1.807) is 12.1 Å². The number of ether oxygens (including phenoxy) is 1. The highest BCUT2D eigenvalue weighted by molar-refractivity contribution is 6.36. The molecule has 0 saturated carbocycles. The Morgan fingerprint density at radius 2 is 2.00 bits per heavy atom. The van der Waals surface area contributed by atoms with Crippen LogP contribution in [0.25, 0.3) is 0 Å². The SMILES string of the molecule is COc1cccc(N2N=C(C(=O)O)C[C@H]2c2ccccc2)c1. The maximum Gasteiger partial charge on any atom is 0.352 e. The molecule has 1 atom stereocenters. The zero-order valence-corrected chi connectivity index (χ0v) is 12.1. The Balaban J connectivity index is 2.01. The average molecular weight is 296 g/mol. The number of hydrogen-bond donors (Lipinski definition) is 1. The molecule has 0 spiro atoms. The topological polar surface area (TPSA) is 62.1 Å². The molecular formula is C17H16N2O3. The molecule has 0 aromatic heterocycles. The smallest absolute Gasteiger partial charge is 0.352 e. The van der Waals surface area contributed by atoms with Crippen LogP contribution in [-0.4, -0.2) is 23.9 Å². The third kappa shape index (κ3) is 2.65. The van der Waals surface area contributed by atoms with Gasteiger partial charge >= 0.3 is 5.97 Å². The van der Waals surface area contributed by atoms with E-state index in [1.807, 2.05) is 54.6 Å². The van der Waals surface area contributed by atoms with Crippen molar-refractivity contribution in [1.29, 1.82) is 0 Å². The molecule has 2 aromatic rings. The first-order chi connectivity index (χ1) is 10.7. The van der Waals surface area contributed by atoms with E-state index in [0.717, 1.165) is 11.3 Å². The molecule has 5 nitrogen and oxygen atoms in total. The molecule has 22 heavy (non-hydrogen) atoms. The van der Waals surface area contributed by atoms with Crippen molar-refractivity contribution in [2.24, 2.45) is 5.10 Å². The van der Waals surface area contributed by atoms with E-state index in [1.165, 1.54) is 0 Å². The van der Waals surface area contributed by atoms with Crippen LogP contribution in [0.4, 0.5) is 5.69 Å². The van der Waals surface area contributed by atoms with Crippen molar-refractivity contribution in [2.75, 3.05) is 12.1 Å². The van der Waals surface area contributed by atoms with Gasteiger partial charge in [-0.15, -0.1) is 0 Å². The highest BCUT2D eigenvalue weighted by atomic mass is 16.5. The van der Waals surface area contributed by atoms with Crippen LogP contribution in [0.3, 0.4) is 0 Å². The Labute approximate surface area is 128 Å². The summed E-state index contributed by atoms with van der Waals surface area (Å²) in [7, 11) is 1.60. The van der Waals surface area contributed by atoms with E-state index in [0.29, 0.717) is 12.2 Å². The van der Waals surface area contributed by atoms with E-state index in [4.69, 9.17) is 4.74 Å². The summed E-state index contributed by atoms with van der Waals surface area (Å²) < 4.78 is 5.24. The van der Waals surface area contributed by atoms with Crippen molar-refractivity contribution in [2.45, 2.75) is 12.5 Å². The van der Waals surface area contributed by atoms with Crippen LogP contribution < -0.4 is 9.75 Å². The minimum Gasteiger partial charge on any atom is -0.497 e. The van der Waals surface area contributed by atoms with E-state index in [-0.39, 0.29) is 11.8 Å². The fourth-order valence-electron chi connectivity index (χ4n) is 2.57. The molecule has 0 aliphatic carbocycles. The molecule has 5 heteroatoms. The molecule has 1 aliphatic heterocycles. The number of hydrogen-bond acceptors (Lipinski definition) is 4. The second-order valence-electron chi connectivity index (χ2n) is 5.03. The first kappa shape index (κ1) is 14.1. The summed E-state index contributed by atoms with van der Waals surface area (Å²) in [6, 6.07) is 17.1. The van der Waals surface area contributed by atoms with E-state index < -0.39 is 5.97 Å². The largest absolute Gasteiger partial charge is 0.497 e. The van der Waals surface area contributed by atoms with Gasteiger partial charge in [0.05, 0.1) is 18.8 Å². The van der Waals surface area contributed by atoms with Gasteiger partial charge in [-0.25, -0.2) is 4.79 Å². The number of anilines is 1. The average Bonchev–Trinajstić information content (AvgIpc) is 3.01. The van der Waals surface area contributed by atoms with Crippen molar-refractivity contribution in [3.8, 4) is 5.75 Å². The summed E-state index contributed by atoms with van der Waals surface area (Å²) in [4.78, 5) is 11.3. The monoisotopic (exact) mass is 296 g/mol. The summed E-state index contributed by atoms with van der Waals surface area (Å²) in [6.45, 7) is 0. The molecule has 0 fully saturated rings. The number of benzene rings is 2. The molecule has 0 bridgehead atoms. The van der Waals surface area contributed by atoms with Crippen LogP contribution in [0.5, 0.6) is 5.75 Å². The van der Waals surface area contributed by atoms with Crippen molar-refractivity contribution in [3.05, 3.63) is 60.2 Å². The predicted molar refractivity (Wildman–Crippen MR) is 84.3 cm³/mol. The first-order valence-electron chi connectivity index (χ1n) is 6.98. The third-order valence-electron chi connectivity index (χ3n) is 3.66. The lowest BCUT2D eigenvalue weighted by Gasteiger charge is -2.24. The number of carbonyl (C=O) groups is 1. The Kier molecular flexibility index (Phi) is 3.78. The summed E-state index contributed by atoms with van der Waals surface area (Å²) in [5.74, 6) is -0.269. The second kappa shape index (κ2) is 5.89. The normalized spacial score (nSPS) is 17.2. The summed E-state index contributed by atoms with van der Waals surface area (Å²) in [5, 5.41) is 15.3. The summed E-state index contributed by atoms with van der Waals surface area (Å²) in [6.07, 6.45) is 0.372. The van der Waals surface area contributed by atoms with Crippen molar-refractivity contribution in [3.63, 3.8) is 0 Å². The van der Waals surface area contributed by atoms with E-state index in [2.05, 4.69) is 5.10 Å². The second-order valence-corrected chi connectivity index (χ2v) is 5.03. The highest BCUT2D eigenvalue weighted by Gasteiger charge is 2.32. The van der Waals surface area contributed by atoms with Crippen LogP contribution in [0.1, 0.15) is 18.0 Å². The van der Waals surface area contributed by atoms with Crippen LogP contribution in [0.2, 0.25) is 0 Å². The number of nitrogens with zero attached hydrogens (tertiary/aromatic N) is 2. The van der Waals surface area contributed by atoms with Gasteiger partial charge in [0.25, 0.3) is 0 Å². The molecule has 0 saturated heterocycles. The van der Waals surface area contributed by atoms with Gasteiger partial charge in [0.15, 0.2) is 0 Å². The van der Waals surface area contributed by atoms with Gasteiger partial charge in [-0.3, -0.25) is 5.01 Å². The van der Waals surface area contributed by atoms with Crippen molar-refractivity contribution in [1.82, 2.24) is 0 Å². The van der Waals surface area contributed by atoms with Crippen LogP contribution >= 0.6 is 0 Å². The number of hydrazone groups is 1. The number of methoxy groups -OCH3 is 1. The Hall–Kier alpha value is -2.82. The number of aliphatic carboxylic acids is 1. The van der Waals surface area contributed by atoms with Gasteiger partial charge in [0.1, 0.15) is 11.5 Å². The van der Waals surface area contributed by atoms with E-state index in [9.17, 15) is 9.90 Å².